The Kier molecular flexibility index (Phi) is 6.61. The summed E-state index contributed by atoms with van der Waals surface area (Å²) in [5, 5.41) is 3.07. The molecule has 0 saturated heterocycles. The van der Waals surface area contributed by atoms with Gasteiger partial charge >= 0.3 is 11.7 Å². The van der Waals surface area contributed by atoms with E-state index in [1.54, 1.807) is 20.9 Å². The summed E-state index contributed by atoms with van der Waals surface area (Å²) >= 11 is 0. The molecule has 2 rings (SSSR count). The van der Waals surface area contributed by atoms with Crippen LogP contribution in [0.15, 0.2) is 9.59 Å². The first-order valence-electron chi connectivity index (χ1n) is 9.44. The van der Waals surface area contributed by atoms with Gasteiger partial charge in [-0.05, 0) is 37.3 Å². The van der Waals surface area contributed by atoms with E-state index in [4.69, 9.17) is 4.74 Å². The smallest absolute Gasteiger partial charge is 0.332 e. The molecule has 1 amide bonds. The minimum absolute atomic E-state index is 0.110. The molecule has 9 nitrogen and oxygen atoms in total. The third kappa shape index (κ3) is 4.23. The number of esters is 1. The van der Waals surface area contributed by atoms with Crippen molar-refractivity contribution in [3.8, 4) is 0 Å². The van der Waals surface area contributed by atoms with Gasteiger partial charge in [0.25, 0.3) is 5.56 Å². The first-order valence-corrected chi connectivity index (χ1v) is 9.44. The zero-order chi connectivity index (χ0) is 22.0. The lowest BCUT2D eigenvalue weighted by molar-refractivity contribution is -0.146. The van der Waals surface area contributed by atoms with Crippen LogP contribution in [-0.2, 0) is 34.8 Å². The molecule has 0 spiro atoms. The lowest BCUT2D eigenvalue weighted by Gasteiger charge is -2.20. The third-order valence-corrected chi connectivity index (χ3v) is 5.21. The Morgan fingerprint density at radius 3 is 2.31 bits per heavy atom. The van der Waals surface area contributed by atoms with Gasteiger partial charge in [0.05, 0.1) is 12.5 Å². The maximum Gasteiger partial charge on any atom is 0.332 e. The Morgan fingerprint density at radius 1 is 1.14 bits per heavy atom. The third-order valence-electron chi connectivity index (χ3n) is 5.21. The van der Waals surface area contributed by atoms with E-state index in [1.807, 2.05) is 13.8 Å². The van der Waals surface area contributed by atoms with E-state index in [0.29, 0.717) is 28.7 Å². The van der Waals surface area contributed by atoms with Crippen molar-refractivity contribution in [3.05, 3.63) is 37.7 Å². The van der Waals surface area contributed by atoms with Gasteiger partial charge in [0.15, 0.2) is 0 Å². The molecule has 2 aromatic heterocycles. The molecule has 1 N–H and O–H groups in total. The van der Waals surface area contributed by atoms with Gasteiger partial charge in [-0.3, -0.25) is 18.7 Å². The number of fused-ring (bicyclic) bond motifs is 1. The average Bonchev–Trinajstić information content (AvgIpc) is 2.67. The van der Waals surface area contributed by atoms with Crippen LogP contribution >= 0.6 is 0 Å². The van der Waals surface area contributed by atoms with Gasteiger partial charge in [-0.25, -0.2) is 14.6 Å². The maximum atomic E-state index is 12.6. The standard InChI is InChI=1S/C20H28N4O5/c1-10(2)16(19(27)29-7)22-14(25)9-8-13-11(3)15-17(21-12(13)4)23(5)20(28)24(6)18(15)26/h10,16H,8-9H2,1-7H3,(H,22,25). The molecule has 2 heterocycles. The Labute approximate surface area is 168 Å². The summed E-state index contributed by atoms with van der Waals surface area (Å²) in [6.07, 6.45) is 0.478. The fraction of sp³-hybridized carbons (Fsp3) is 0.550. The number of carbonyl (C=O) groups excluding carboxylic acids is 2. The highest BCUT2D eigenvalue weighted by atomic mass is 16.5. The molecule has 0 aromatic carbocycles. The second kappa shape index (κ2) is 8.59. The van der Waals surface area contributed by atoms with Crippen LogP contribution in [0, 0.1) is 19.8 Å². The quantitative estimate of drug-likeness (QED) is 0.702. The van der Waals surface area contributed by atoms with Gasteiger partial charge < -0.3 is 10.1 Å². The second-order valence-electron chi connectivity index (χ2n) is 7.52. The summed E-state index contributed by atoms with van der Waals surface area (Å²) in [5.74, 6) is -0.889. The number of pyridine rings is 1. The van der Waals surface area contributed by atoms with Gasteiger partial charge in [0.1, 0.15) is 11.7 Å². The number of nitrogens with one attached hydrogen (secondary N) is 1. The summed E-state index contributed by atoms with van der Waals surface area (Å²) in [6.45, 7) is 7.22. The van der Waals surface area contributed by atoms with Crippen molar-refractivity contribution < 1.29 is 14.3 Å². The molecular formula is C20H28N4O5. The van der Waals surface area contributed by atoms with Gasteiger partial charge in [-0.15, -0.1) is 0 Å². The number of methoxy groups -OCH3 is 1. The summed E-state index contributed by atoms with van der Waals surface area (Å²) in [4.78, 5) is 53.5. The fourth-order valence-electron chi connectivity index (χ4n) is 3.42. The minimum Gasteiger partial charge on any atom is -0.467 e. The van der Waals surface area contributed by atoms with Crippen LogP contribution in [0.4, 0.5) is 0 Å². The lowest BCUT2D eigenvalue weighted by atomic mass is 9.99. The number of amides is 1. The molecule has 158 valence electrons. The van der Waals surface area contributed by atoms with Crippen LogP contribution in [0.5, 0.6) is 0 Å². The number of aromatic nitrogens is 3. The Balaban J connectivity index is 2.36. The van der Waals surface area contributed by atoms with E-state index < -0.39 is 23.3 Å². The second-order valence-corrected chi connectivity index (χ2v) is 7.52. The Hall–Kier alpha value is -2.97. The van der Waals surface area contributed by atoms with Crippen LogP contribution < -0.4 is 16.6 Å². The topological polar surface area (TPSA) is 112 Å². The average molecular weight is 404 g/mol. The molecule has 0 saturated carbocycles. The predicted octanol–water partition coefficient (Wildman–Crippen LogP) is 0.495. The number of ether oxygens (including phenoxy) is 1. The van der Waals surface area contributed by atoms with Crippen molar-refractivity contribution in [2.45, 2.75) is 46.6 Å². The molecule has 2 aromatic rings. The van der Waals surface area contributed by atoms with Crippen molar-refractivity contribution in [2.24, 2.45) is 20.0 Å². The Bertz CT molecular complexity index is 1080. The zero-order valence-corrected chi connectivity index (χ0v) is 18.0. The van der Waals surface area contributed by atoms with Crippen LogP contribution in [0.3, 0.4) is 0 Å². The molecule has 29 heavy (non-hydrogen) atoms. The lowest BCUT2D eigenvalue weighted by Crippen LogP contribution is -2.45. The van der Waals surface area contributed by atoms with Gasteiger partial charge in [0, 0.05) is 26.2 Å². The molecule has 0 bridgehead atoms. The van der Waals surface area contributed by atoms with Crippen LogP contribution in [0.2, 0.25) is 0 Å². The number of hydrogen-bond donors (Lipinski definition) is 1. The molecule has 0 aliphatic heterocycles. The monoisotopic (exact) mass is 404 g/mol. The maximum absolute atomic E-state index is 12.6. The van der Waals surface area contributed by atoms with E-state index in [2.05, 4.69) is 10.3 Å². The van der Waals surface area contributed by atoms with Crippen LogP contribution in [0.25, 0.3) is 11.0 Å². The number of hydrogen-bond acceptors (Lipinski definition) is 6. The highest BCUT2D eigenvalue weighted by Gasteiger charge is 2.25. The zero-order valence-electron chi connectivity index (χ0n) is 18.0. The molecule has 0 fully saturated rings. The fourth-order valence-corrected chi connectivity index (χ4v) is 3.42. The normalized spacial score (nSPS) is 12.3. The first-order chi connectivity index (χ1) is 13.5. The van der Waals surface area contributed by atoms with E-state index >= 15 is 0 Å². The minimum atomic E-state index is -0.716. The molecular weight excluding hydrogens is 376 g/mol. The molecule has 0 aliphatic carbocycles. The molecule has 0 radical (unpaired) electrons. The number of aryl methyl sites for hydroxylation is 3. The molecule has 1 unspecified atom stereocenters. The number of nitrogens with zero attached hydrogens (tertiary/aromatic N) is 3. The molecule has 0 aliphatic rings. The van der Waals surface area contributed by atoms with Gasteiger partial charge in [0.2, 0.25) is 5.91 Å². The largest absolute Gasteiger partial charge is 0.467 e. The van der Waals surface area contributed by atoms with Crippen LogP contribution in [0.1, 0.15) is 37.1 Å². The number of rotatable bonds is 6. The first kappa shape index (κ1) is 22.3. The van der Waals surface area contributed by atoms with Gasteiger partial charge in [-0.1, -0.05) is 13.8 Å². The summed E-state index contributed by atoms with van der Waals surface area (Å²) in [7, 11) is 4.28. The SMILES string of the molecule is COC(=O)C(NC(=O)CCc1c(C)nc2c(c1C)c(=O)n(C)c(=O)n2C)C(C)C. The van der Waals surface area contributed by atoms with E-state index in [-0.39, 0.29) is 18.2 Å². The van der Waals surface area contributed by atoms with E-state index in [1.165, 1.54) is 18.7 Å². The highest BCUT2D eigenvalue weighted by Crippen LogP contribution is 2.20. The summed E-state index contributed by atoms with van der Waals surface area (Å²) in [6, 6.07) is -0.716. The van der Waals surface area contributed by atoms with Crippen molar-refractivity contribution in [1.82, 2.24) is 19.4 Å². The summed E-state index contributed by atoms with van der Waals surface area (Å²) < 4.78 is 7.13. The van der Waals surface area contributed by atoms with E-state index in [9.17, 15) is 19.2 Å². The predicted molar refractivity (Wildman–Crippen MR) is 109 cm³/mol. The van der Waals surface area contributed by atoms with Crippen LogP contribution in [-0.4, -0.2) is 39.1 Å². The Morgan fingerprint density at radius 2 is 1.76 bits per heavy atom. The van der Waals surface area contributed by atoms with Crippen molar-refractivity contribution in [2.75, 3.05) is 7.11 Å². The highest BCUT2D eigenvalue weighted by molar-refractivity contribution is 5.85. The molecule has 9 heteroatoms. The molecule has 1 atom stereocenters. The van der Waals surface area contributed by atoms with Crippen molar-refractivity contribution >= 4 is 22.9 Å². The van der Waals surface area contributed by atoms with Crippen molar-refractivity contribution in [1.29, 1.82) is 0 Å². The number of carbonyl (C=O) groups is 2. The van der Waals surface area contributed by atoms with E-state index in [0.717, 1.165) is 10.1 Å². The van der Waals surface area contributed by atoms with Crippen molar-refractivity contribution in [3.63, 3.8) is 0 Å². The summed E-state index contributed by atoms with van der Waals surface area (Å²) in [5.41, 5.74) is 1.60. The van der Waals surface area contributed by atoms with Gasteiger partial charge in [-0.2, -0.15) is 0 Å².